The van der Waals surface area contributed by atoms with Crippen molar-refractivity contribution in [2.24, 2.45) is 11.7 Å². The maximum atomic E-state index is 12.4. The number of carboxylic acids is 1. The van der Waals surface area contributed by atoms with Crippen molar-refractivity contribution < 1.29 is 29.4 Å². The second-order valence-electron chi connectivity index (χ2n) is 5.97. The number of amides is 3. The first kappa shape index (κ1) is 24.1. The topological polar surface area (TPSA) is 171 Å². The van der Waals surface area contributed by atoms with Crippen LogP contribution in [-0.2, 0) is 19.2 Å². The Balaban J connectivity index is 4.95. The van der Waals surface area contributed by atoms with E-state index in [9.17, 15) is 24.3 Å². The van der Waals surface area contributed by atoms with Crippen molar-refractivity contribution >= 4 is 35.5 Å². The average Bonchev–Trinajstić information content (AvgIpc) is 2.59. The molecule has 0 saturated carbocycles. The van der Waals surface area contributed by atoms with Gasteiger partial charge in [0.25, 0.3) is 0 Å². The van der Waals surface area contributed by atoms with E-state index in [0.29, 0.717) is 12.2 Å². The molecular formula is C15H28N4O6S. The summed E-state index contributed by atoms with van der Waals surface area (Å²) < 4.78 is 0. The molecule has 0 fully saturated rings. The number of aliphatic hydroxyl groups is 1. The van der Waals surface area contributed by atoms with E-state index in [2.05, 4.69) is 16.0 Å². The molecule has 0 rings (SSSR count). The van der Waals surface area contributed by atoms with Crippen LogP contribution in [0.15, 0.2) is 0 Å². The van der Waals surface area contributed by atoms with E-state index < -0.39 is 55.0 Å². The smallest absolute Gasteiger partial charge is 0.322 e. The molecular weight excluding hydrogens is 364 g/mol. The van der Waals surface area contributed by atoms with Gasteiger partial charge >= 0.3 is 5.97 Å². The summed E-state index contributed by atoms with van der Waals surface area (Å²) in [5.41, 5.74) is 5.77. The fraction of sp³-hybridized carbons (Fsp3) is 0.733. The monoisotopic (exact) mass is 392 g/mol. The summed E-state index contributed by atoms with van der Waals surface area (Å²) in [7, 11) is 0. The summed E-state index contributed by atoms with van der Waals surface area (Å²) in [5.74, 6) is -2.79. The molecule has 0 aliphatic carbocycles. The lowest BCUT2D eigenvalue weighted by Crippen LogP contribution is -2.57. The van der Waals surface area contributed by atoms with Gasteiger partial charge in [0.05, 0.1) is 12.6 Å². The van der Waals surface area contributed by atoms with Gasteiger partial charge in [0.15, 0.2) is 0 Å². The Bertz CT molecular complexity index is 503. The number of carbonyl (C=O) groups excluding carboxylic acids is 3. The maximum Gasteiger partial charge on any atom is 0.322 e. The van der Waals surface area contributed by atoms with Crippen molar-refractivity contribution in [2.75, 3.05) is 25.2 Å². The second kappa shape index (κ2) is 12.5. The Morgan fingerprint density at radius 2 is 1.62 bits per heavy atom. The molecule has 3 atom stereocenters. The van der Waals surface area contributed by atoms with Crippen molar-refractivity contribution in [2.45, 2.75) is 38.4 Å². The molecule has 0 aromatic heterocycles. The van der Waals surface area contributed by atoms with E-state index in [-0.39, 0.29) is 5.92 Å². The van der Waals surface area contributed by atoms with Gasteiger partial charge in [0.1, 0.15) is 18.6 Å². The molecule has 3 amide bonds. The van der Waals surface area contributed by atoms with Crippen molar-refractivity contribution in [3.8, 4) is 0 Å². The zero-order valence-corrected chi connectivity index (χ0v) is 16.0. The first-order valence-corrected chi connectivity index (χ1v) is 9.49. The van der Waals surface area contributed by atoms with Crippen LogP contribution in [0.1, 0.15) is 20.3 Å². The third-order valence-electron chi connectivity index (χ3n) is 3.49. The molecule has 0 aromatic carbocycles. The number of aliphatic carboxylic acids is 1. The number of rotatable bonds is 12. The molecule has 150 valence electrons. The molecule has 10 nitrogen and oxygen atoms in total. The summed E-state index contributed by atoms with van der Waals surface area (Å²) in [6.07, 6.45) is 2.14. The Morgan fingerprint density at radius 1 is 1.04 bits per heavy atom. The van der Waals surface area contributed by atoms with Gasteiger partial charge in [-0.15, -0.1) is 0 Å². The minimum Gasteiger partial charge on any atom is -0.480 e. The zero-order valence-electron chi connectivity index (χ0n) is 15.2. The van der Waals surface area contributed by atoms with E-state index >= 15 is 0 Å². The van der Waals surface area contributed by atoms with Crippen molar-refractivity contribution in [3.63, 3.8) is 0 Å². The standard InChI is InChI=1S/C15H28N4O6S/c1-8(2)12(16)15(25)18-9(4-5-26-3)14(24)19-10(7-20)13(23)17-6-11(21)22/h8-10,12,20H,4-7,16H2,1-3H3,(H,17,23)(H,18,25)(H,19,24)(H,21,22). The highest BCUT2D eigenvalue weighted by atomic mass is 32.2. The number of carbonyl (C=O) groups is 4. The quantitative estimate of drug-likeness (QED) is 0.219. The highest BCUT2D eigenvalue weighted by Crippen LogP contribution is 2.04. The van der Waals surface area contributed by atoms with Gasteiger partial charge < -0.3 is 31.9 Å². The lowest BCUT2D eigenvalue weighted by molar-refractivity contribution is -0.139. The van der Waals surface area contributed by atoms with Crippen LogP contribution < -0.4 is 21.7 Å². The predicted octanol–water partition coefficient (Wildman–Crippen LogP) is -2.11. The molecule has 26 heavy (non-hydrogen) atoms. The highest BCUT2D eigenvalue weighted by Gasteiger charge is 2.28. The molecule has 0 heterocycles. The molecule has 11 heteroatoms. The summed E-state index contributed by atoms with van der Waals surface area (Å²) in [5, 5.41) is 24.8. The molecule has 0 aliphatic rings. The van der Waals surface area contributed by atoms with E-state index in [1.54, 1.807) is 13.8 Å². The van der Waals surface area contributed by atoms with E-state index in [0.717, 1.165) is 0 Å². The van der Waals surface area contributed by atoms with Crippen LogP contribution in [0, 0.1) is 5.92 Å². The summed E-state index contributed by atoms with van der Waals surface area (Å²) in [6.45, 7) is 2.19. The molecule has 3 unspecified atom stereocenters. The van der Waals surface area contributed by atoms with Gasteiger partial charge in [-0.2, -0.15) is 11.8 Å². The first-order chi connectivity index (χ1) is 12.1. The molecule has 0 spiro atoms. The molecule has 0 bridgehead atoms. The van der Waals surface area contributed by atoms with Gasteiger partial charge in [-0.3, -0.25) is 19.2 Å². The number of carboxylic acid groups (broad SMARTS) is 1. The summed E-state index contributed by atoms with van der Waals surface area (Å²) >= 11 is 1.47. The summed E-state index contributed by atoms with van der Waals surface area (Å²) in [4.78, 5) is 46.8. The van der Waals surface area contributed by atoms with Gasteiger partial charge in [-0.05, 0) is 24.3 Å². The van der Waals surface area contributed by atoms with Crippen molar-refractivity contribution in [1.82, 2.24) is 16.0 Å². The molecule has 7 N–H and O–H groups in total. The minimum atomic E-state index is -1.32. The van der Waals surface area contributed by atoms with Gasteiger partial charge in [0, 0.05) is 0 Å². The molecule has 0 aromatic rings. The fourth-order valence-corrected chi connectivity index (χ4v) is 2.30. The molecule has 0 radical (unpaired) electrons. The predicted molar refractivity (Wildman–Crippen MR) is 97.4 cm³/mol. The van der Waals surface area contributed by atoms with Crippen LogP contribution >= 0.6 is 11.8 Å². The van der Waals surface area contributed by atoms with E-state index in [1.807, 2.05) is 6.26 Å². The van der Waals surface area contributed by atoms with Crippen molar-refractivity contribution in [1.29, 1.82) is 0 Å². The number of aliphatic hydroxyl groups excluding tert-OH is 1. The summed E-state index contributed by atoms with van der Waals surface area (Å²) in [6, 6.07) is -3.04. The van der Waals surface area contributed by atoms with Crippen LogP contribution in [0.5, 0.6) is 0 Å². The lowest BCUT2D eigenvalue weighted by atomic mass is 10.0. The van der Waals surface area contributed by atoms with E-state index in [4.69, 9.17) is 10.8 Å². The average molecular weight is 392 g/mol. The third kappa shape index (κ3) is 9.02. The van der Waals surface area contributed by atoms with Crippen LogP contribution in [-0.4, -0.2) is 77.2 Å². The lowest BCUT2D eigenvalue weighted by Gasteiger charge is -2.24. The zero-order chi connectivity index (χ0) is 20.3. The van der Waals surface area contributed by atoms with Crippen LogP contribution in [0.25, 0.3) is 0 Å². The minimum absolute atomic E-state index is 0.119. The van der Waals surface area contributed by atoms with Gasteiger partial charge in [-0.1, -0.05) is 13.8 Å². The van der Waals surface area contributed by atoms with Gasteiger partial charge in [0.2, 0.25) is 17.7 Å². The fourth-order valence-electron chi connectivity index (χ4n) is 1.83. The first-order valence-electron chi connectivity index (χ1n) is 8.09. The highest BCUT2D eigenvalue weighted by molar-refractivity contribution is 7.98. The third-order valence-corrected chi connectivity index (χ3v) is 4.14. The SMILES string of the molecule is CSCCC(NC(=O)C(N)C(C)C)C(=O)NC(CO)C(=O)NCC(=O)O. The van der Waals surface area contributed by atoms with Crippen LogP contribution in [0.3, 0.4) is 0 Å². The van der Waals surface area contributed by atoms with Crippen molar-refractivity contribution in [3.05, 3.63) is 0 Å². The number of nitrogens with one attached hydrogen (secondary N) is 3. The van der Waals surface area contributed by atoms with Gasteiger partial charge in [-0.25, -0.2) is 0 Å². The largest absolute Gasteiger partial charge is 0.480 e. The Labute approximate surface area is 156 Å². The Kier molecular flexibility index (Phi) is 11.6. The normalized spacial score (nSPS) is 14.2. The second-order valence-corrected chi connectivity index (χ2v) is 6.95. The molecule has 0 aliphatic heterocycles. The number of hydrogen-bond donors (Lipinski definition) is 6. The van der Waals surface area contributed by atoms with E-state index in [1.165, 1.54) is 11.8 Å². The Morgan fingerprint density at radius 3 is 2.08 bits per heavy atom. The number of nitrogens with two attached hydrogens (primary N) is 1. The Hall–Kier alpha value is -1.85. The van der Waals surface area contributed by atoms with Crippen LogP contribution in [0.4, 0.5) is 0 Å². The number of thioether (sulfide) groups is 1. The maximum absolute atomic E-state index is 12.4. The molecule has 0 saturated heterocycles. The number of hydrogen-bond acceptors (Lipinski definition) is 7. The van der Waals surface area contributed by atoms with Crippen LogP contribution in [0.2, 0.25) is 0 Å².